The number of rotatable bonds is 6. The van der Waals surface area contributed by atoms with Crippen molar-refractivity contribution < 1.29 is 14.3 Å². The van der Waals surface area contributed by atoms with Gasteiger partial charge in [-0.3, -0.25) is 14.6 Å². The third kappa shape index (κ3) is 3.30. The van der Waals surface area contributed by atoms with Crippen LogP contribution in [0.2, 0.25) is 0 Å². The molecule has 6 heteroatoms. The van der Waals surface area contributed by atoms with E-state index < -0.39 is 0 Å². The molecule has 0 N–H and O–H groups in total. The van der Waals surface area contributed by atoms with Gasteiger partial charge in [-0.25, -0.2) is 0 Å². The first-order valence-electron chi connectivity index (χ1n) is 9.05. The van der Waals surface area contributed by atoms with Crippen LogP contribution in [-0.4, -0.2) is 44.5 Å². The standard InChI is InChI=1S/C21H21N3O3/c1-27-20(26)11-8-15-6-9-16(10-7-15)19(25)14-24-18-5-3-2-4-17(18)23-13-12-22-21(23)24/h2-7,9-10H,8,11-14H2,1H3. The van der Waals surface area contributed by atoms with Crippen LogP contribution in [0.4, 0.5) is 11.4 Å². The summed E-state index contributed by atoms with van der Waals surface area (Å²) in [5, 5.41) is 0. The van der Waals surface area contributed by atoms with E-state index in [-0.39, 0.29) is 18.3 Å². The minimum Gasteiger partial charge on any atom is -0.469 e. The first-order valence-corrected chi connectivity index (χ1v) is 9.05. The first kappa shape index (κ1) is 17.3. The largest absolute Gasteiger partial charge is 0.469 e. The van der Waals surface area contributed by atoms with Gasteiger partial charge < -0.3 is 14.5 Å². The summed E-state index contributed by atoms with van der Waals surface area (Å²) >= 11 is 0. The second-order valence-electron chi connectivity index (χ2n) is 6.60. The third-order valence-electron chi connectivity index (χ3n) is 4.95. The van der Waals surface area contributed by atoms with Gasteiger partial charge in [-0.2, -0.15) is 0 Å². The van der Waals surface area contributed by atoms with E-state index in [4.69, 9.17) is 0 Å². The van der Waals surface area contributed by atoms with Crippen molar-refractivity contribution >= 4 is 29.1 Å². The molecule has 0 fully saturated rings. The number of aryl methyl sites for hydroxylation is 1. The molecule has 6 nitrogen and oxygen atoms in total. The van der Waals surface area contributed by atoms with Crippen LogP contribution >= 0.6 is 0 Å². The molecule has 2 aromatic carbocycles. The maximum atomic E-state index is 12.8. The molecule has 0 aliphatic carbocycles. The number of carbonyl (C=O) groups is 2. The average Bonchev–Trinajstić information content (AvgIpc) is 3.29. The molecule has 138 valence electrons. The Hall–Kier alpha value is -3.15. The monoisotopic (exact) mass is 363 g/mol. The molecule has 0 aromatic heterocycles. The Morgan fingerprint density at radius 2 is 1.81 bits per heavy atom. The lowest BCUT2D eigenvalue weighted by Gasteiger charge is -2.18. The molecule has 0 atom stereocenters. The highest BCUT2D eigenvalue weighted by molar-refractivity contribution is 6.19. The molecule has 0 radical (unpaired) electrons. The number of aliphatic imine (C=N–C) groups is 1. The van der Waals surface area contributed by atoms with Crippen molar-refractivity contribution in [2.24, 2.45) is 4.99 Å². The summed E-state index contributed by atoms with van der Waals surface area (Å²) < 4.78 is 4.66. The van der Waals surface area contributed by atoms with Gasteiger partial charge >= 0.3 is 5.97 Å². The fraction of sp³-hybridized carbons (Fsp3) is 0.286. The van der Waals surface area contributed by atoms with E-state index in [0.29, 0.717) is 18.4 Å². The Bertz CT molecular complexity index is 905. The highest BCUT2D eigenvalue weighted by Crippen LogP contribution is 2.38. The molecule has 0 spiro atoms. The van der Waals surface area contributed by atoms with Crippen LogP contribution in [0.3, 0.4) is 0 Å². The zero-order chi connectivity index (χ0) is 18.8. The summed E-state index contributed by atoms with van der Waals surface area (Å²) in [6.07, 6.45) is 0.941. The Labute approximate surface area is 158 Å². The molecule has 0 unspecified atom stereocenters. The van der Waals surface area contributed by atoms with E-state index in [1.54, 1.807) is 0 Å². The van der Waals surface area contributed by atoms with Crippen molar-refractivity contribution in [1.82, 2.24) is 0 Å². The van der Waals surface area contributed by atoms with Gasteiger partial charge in [0, 0.05) is 18.5 Å². The lowest BCUT2D eigenvalue weighted by molar-refractivity contribution is -0.140. The molecule has 4 rings (SSSR count). The average molecular weight is 363 g/mol. The van der Waals surface area contributed by atoms with E-state index in [1.165, 1.54) is 7.11 Å². The van der Waals surface area contributed by atoms with Crippen LogP contribution in [-0.2, 0) is 16.0 Å². The van der Waals surface area contributed by atoms with E-state index in [1.807, 2.05) is 47.4 Å². The minimum absolute atomic E-state index is 0.0424. The van der Waals surface area contributed by atoms with Gasteiger partial charge in [-0.15, -0.1) is 0 Å². The van der Waals surface area contributed by atoms with Crippen LogP contribution in [0.25, 0.3) is 0 Å². The minimum atomic E-state index is -0.232. The van der Waals surface area contributed by atoms with Gasteiger partial charge in [0.25, 0.3) is 0 Å². The van der Waals surface area contributed by atoms with Crippen LogP contribution in [0, 0.1) is 0 Å². The smallest absolute Gasteiger partial charge is 0.305 e. The number of fused-ring (bicyclic) bond motifs is 3. The molecule has 0 saturated carbocycles. The predicted molar refractivity (Wildman–Crippen MR) is 105 cm³/mol. The number of methoxy groups -OCH3 is 1. The van der Waals surface area contributed by atoms with Gasteiger partial charge in [0.2, 0.25) is 5.96 Å². The van der Waals surface area contributed by atoms with E-state index >= 15 is 0 Å². The zero-order valence-corrected chi connectivity index (χ0v) is 15.2. The molecule has 2 aliphatic heterocycles. The molecular formula is C21H21N3O3. The summed E-state index contributed by atoms with van der Waals surface area (Å²) in [5.74, 6) is 0.671. The van der Waals surface area contributed by atoms with Crippen LogP contribution in [0.15, 0.2) is 53.5 Å². The lowest BCUT2D eigenvalue weighted by atomic mass is 10.0. The van der Waals surface area contributed by atoms with Crippen LogP contribution in [0.5, 0.6) is 0 Å². The highest BCUT2D eigenvalue weighted by Gasteiger charge is 2.35. The van der Waals surface area contributed by atoms with Crippen molar-refractivity contribution in [2.45, 2.75) is 12.8 Å². The van der Waals surface area contributed by atoms with E-state index in [9.17, 15) is 9.59 Å². The van der Waals surface area contributed by atoms with E-state index in [0.717, 1.165) is 36.0 Å². The summed E-state index contributed by atoms with van der Waals surface area (Å²) in [6, 6.07) is 15.5. The third-order valence-corrected chi connectivity index (χ3v) is 4.95. The normalized spacial score (nSPS) is 14.6. The molecule has 2 aromatic rings. The number of anilines is 2. The summed E-state index contributed by atoms with van der Waals surface area (Å²) in [7, 11) is 1.39. The van der Waals surface area contributed by atoms with Crippen molar-refractivity contribution in [1.29, 1.82) is 0 Å². The maximum absolute atomic E-state index is 12.8. The number of ketones is 1. The Morgan fingerprint density at radius 3 is 2.56 bits per heavy atom. The van der Waals surface area contributed by atoms with E-state index in [2.05, 4.69) is 20.7 Å². The molecule has 0 amide bonds. The molecular weight excluding hydrogens is 342 g/mol. The van der Waals surface area contributed by atoms with Crippen LogP contribution < -0.4 is 9.80 Å². The number of para-hydroxylation sites is 2. The van der Waals surface area contributed by atoms with Gasteiger partial charge in [0.05, 0.1) is 31.6 Å². The first-order chi connectivity index (χ1) is 13.2. The number of Topliss-reactive ketones (excluding diaryl/α,β-unsaturated/α-hetero) is 1. The summed E-state index contributed by atoms with van der Waals surface area (Å²) in [5.41, 5.74) is 3.81. The molecule has 2 aliphatic rings. The number of benzene rings is 2. The Balaban J connectivity index is 1.47. The Morgan fingerprint density at radius 1 is 1.07 bits per heavy atom. The van der Waals surface area contributed by atoms with Gasteiger partial charge in [0.15, 0.2) is 5.78 Å². The maximum Gasteiger partial charge on any atom is 0.305 e. The van der Waals surface area contributed by atoms with Gasteiger partial charge in [0.1, 0.15) is 0 Å². The second kappa shape index (κ2) is 7.23. The number of ether oxygens (including phenoxy) is 1. The molecule has 27 heavy (non-hydrogen) atoms. The molecule has 0 saturated heterocycles. The van der Waals surface area contributed by atoms with Crippen molar-refractivity contribution in [2.75, 3.05) is 36.5 Å². The number of hydrogen-bond donors (Lipinski definition) is 0. The lowest BCUT2D eigenvalue weighted by Crippen LogP contribution is -2.38. The van der Waals surface area contributed by atoms with Crippen LogP contribution in [0.1, 0.15) is 22.3 Å². The number of esters is 1. The fourth-order valence-corrected chi connectivity index (χ4v) is 3.52. The number of carbonyl (C=O) groups excluding carboxylic acids is 2. The topological polar surface area (TPSA) is 62.2 Å². The van der Waals surface area contributed by atoms with Gasteiger partial charge in [-0.1, -0.05) is 36.4 Å². The van der Waals surface area contributed by atoms with Crippen molar-refractivity contribution in [3.05, 3.63) is 59.7 Å². The number of hydrogen-bond acceptors (Lipinski definition) is 6. The van der Waals surface area contributed by atoms with Crippen molar-refractivity contribution in [3.63, 3.8) is 0 Å². The zero-order valence-electron chi connectivity index (χ0n) is 15.2. The number of guanidine groups is 1. The quantitative estimate of drug-likeness (QED) is 0.583. The second-order valence-corrected chi connectivity index (χ2v) is 6.60. The molecule has 0 bridgehead atoms. The summed E-state index contributed by atoms with van der Waals surface area (Å²) in [6.45, 7) is 1.86. The Kier molecular flexibility index (Phi) is 4.62. The SMILES string of the molecule is COC(=O)CCc1ccc(C(=O)CN2C3=NCCN3c3ccccc32)cc1. The fourth-order valence-electron chi connectivity index (χ4n) is 3.52. The van der Waals surface area contributed by atoms with Crippen molar-refractivity contribution in [3.8, 4) is 0 Å². The van der Waals surface area contributed by atoms with Gasteiger partial charge in [-0.05, 0) is 24.1 Å². The number of nitrogens with zero attached hydrogens (tertiary/aromatic N) is 3. The highest BCUT2D eigenvalue weighted by atomic mass is 16.5. The predicted octanol–water partition coefficient (Wildman–Crippen LogP) is 2.67. The summed E-state index contributed by atoms with van der Waals surface area (Å²) in [4.78, 5) is 32.8. The molecule has 2 heterocycles.